The van der Waals surface area contributed by atoms with Gasteiger partial charge in [0, 0.05) is 25.1 Å². The monoisotopic (exact) mass is 447 g/mol. The smallest absolute Gasteiger partial charge is 0.355 e. The summed E-state index contributed by atoms with van der Waals surface area (Å²) in [7, 11) is -3.20. The van der Waals surface area contributed by atoms with Crippen molar-refractivity contribution in [2.75, 3.05) is 23.0 Å². The normalized spacial score (nSPS) is 23.7. The minimum Gasteiger partial charge on any atom is -0.448 e. The fraction of sp³-hybridized carbons (Fsp3) is 0.524. The molecule has 0 aliphatic carbocycles. The van der Waals surface area contributed by atoms with Crippen molar-refractivity contribution in [1.82, 2.24) is 5.01 Å². The molecule has 0 spiro atoms. The summed E-state index contributed by atoms with van der Waals surface area (Å²) in [5.74, 6) is -1.54. The number of esters is 1. The molecule has 0 radical (unpaired) electrons. The Morgan fingerprint density at radius 2 is 1.97 bits per heavy atom. The predicted octanol–water partition coefficient (Wildman–Crippen LogP) is 1.06. The van der Waals surface area contributed by atoms with Gasteiger partial charge in [-0.25, -0.2) is 18.2 Å². The number of hydrogen-bond acceptors (Lipinski definition) is 7. The third-order valence-electron chi connectivity index (χ3n) is 5.86. The van der Waals surface area contributed by atoms with Gasteiger partial charge >= 0.3 is 5.97 Å². The first-order chi connectivity index (χ1) is 14.7. The van der Waals surface area contributed by atoms with Crippen molar-refractivity contribution >= 4 is 39.0 Å². The molecule has 1 saturated heterocycles. The maximum atomic E-state index is 13.0. The summed E-state index contributed by atoms with van der Waals surface area (Å²) in [5.41, 5.74) is 1.94. The van der Waals surface area contributed by atoms with E-state index in [1.165, 1.54) is 6.92 Å². The molecule has 3 heterocycles. The van der Waals surface area contributed by atoms with E-state index in [2.05, 4.69) is 5.10 Å². The lowest BCUT2D eigenvalue weighted by Gasteiger charge is -2.31. The van der Waals surface area contributed by atoms with Gasteiger partial charge in [0.2, 0.25) is 5.91 Å². The fourth-order valence-corrected chi connectivity index (χ4v) is 5.93. The number of amides is 2. The van der Waals surface area contributed by atoms with Gasteiger partial charge in [0.05, 0.1) is 17.5 Å². The van der Waals surface area contributed by atoms with E-state index >= 15 is 0 Å². The molecule has 0 saturated carbocycles. The van der Waals surface area contributed by atoms with Crippen molar-refractivity contribution in [1.29, 1.82) is 0 Å². The zero-order valence-electron chi connectivity index (χ0n) is 17.3. The van der Waals surface area contributed by atoms with E-state index in [0.29, 0.717) is 13.0 Å². The molecule has 2 unspecified atom stereocenters. The molecule has 2 atom stereocenters. The van der Waals surface area contributed by atoms with Crippen molar-refractivity contribution in [2.24, 2.45) is 5.10 Å². The van der Waals surface area contributed by atoms with Gasteiger partial charge < -0.3 is 9.64 Å². The highest BCUT2D eigenvalue weighted by Crippen LogP contribution is 2.28. The highest BCUT2D eigenvalue weighted by molar-refractivity contribution is 7.91. The van der Waals surface area contributed by atoms with E-state index in [9.17, 15) is 22.8 Å². The predicted molar refractivity (Wildman–Crippen MR) is 113 cm³/mol. The fourth-order valence-electron chi connectivity index (χ4n) is 4.23. The molecule has 4 rings (SSSR count). The third-order valence-corrected chi connectivity index (χ3v) is 7.61. The number of fused-ring (bicyclic) bond motifs is 1. The maximum Gasteiger partial charge on any atom is 0.355 e. The second kappa shape index (κ2) is 8.41. The van der Waals surface area contributed by atoms with E-state index in [4.69, 9.17) is 4.74 Å². The van der Waals surface area contributed by atoms with Crippen LogP contribution >= 0.6 is 0 Å². The summed E-state index contributed by atoms with van der Waals surface area (Å²) in [6, 6.07) is 7.10. The number of benzene rings is 1. The number of aryl methyl sites for hydroxylation is 1. The van der Waals surface area contributed by atoms with Gasteiger partial charge in [0.25, 0.3) is 5.91 Å². The summed E-state index contributed by atoms with van der Waals surface area (Å²) in [4.78, 5) is 39.5. The lowest BCUT2D eigenvalue weighted by Crippen LogP contribution is -2.45. The second-order valence-corrected chi connectivity index (χ2v) is 10.3. The molecule has 0 aromatic heterocycles. The molecule has 2 amide bonds. The Morgan fingerprint density at radius 1 is 1.19 bits per heavy atom. The number of hydrogen-bond donors (Lipinski definition) is 0. The minimum atomic E-state index is -3.20. The van der Waals surface area contributed by atoms with E-state index in [1.54, 1.807) is 4.90 Å². The van der Waals surface area contributed by atoms with Gasteiger partial charge in [0.15, 0.2) is 15.9 Å². The summed E-state index contributed by atoms with van der Waals surface area (Å²) in [5, 5.41) is 5.22. The van der Waals surface area contributed by atoms with Gasteiger partial charge in [-0.3, -0.25) is 9.59 Å². The van der Waals surface area contributed by atoms with Crippen LogP contribution in [0.4, 0.5) is 5.69 Å². The number of carbonyl (C=O) groups excluding carboxylic acids is 3. The van der Waals surface area contributed by atoms with Crippen LogP contribution < -0.4 is 4.90 Å². The first-order valence-corrected chi connectivity index (χ1v) is 12.3. The lowest BCUT2D eigenvalue weighted by molar-refractivity contribution is -0.148. The van der Waals surface area contributed by atoms with Crippen LogP contribution in [0, 0.1) is 0 Å². The zero-order chi connectivity index (χ0) is 22.2. The van der Waals surface area contributed by atoms with Crippen molar-refractivity contribution in [3.05, 3.63) is 29.8 Å². The number of hydrazone groups is 1. The summed E-state index contributed by atoms with van der Waals surface area (Å²) in [6.07, 6.45) is 1.15. The first kappa shape index (κ1) is 21.5. The van der Waals surface area contributed by atoms with Gasteiger partial charge in [-0.15, -0.1) is 0 Å². The Balaban J connectivity index is 1.44. The summed E-state index contributed by atoms with van der Waals surface area (Å²) < 4.78 is 28.9. The number of nitrogens with zero attached hydrogens (tertiary/aromatic N) is 3. The Morgan fingerprint density at radius 3 is 2.71 bits per heavy atom. The second-order valence-electron chi connectivity index (χ2n) is 8.11. The molecular formula is C21H25N3O6S. The van der Waals surface area contributed by atoms with Crippen LogP contribution in [0.1, 0.15) is 38.2 Å². The van der Waals surface area contributed by atoms with Crippen LogP contribution in [-0.4, -0.2) is 67.1 Å². The molecule has 9 nitrogen and oxygen atoms in total. The number of anilines is 1. The van der Waals surface area contributed by atoms with Crippen LogP contribution in [0.2, 0.25) is 0 Å². The average molecular weight is 448 g/mol. The molecule has 31 heavy (non-hydrogen) atoms. The van der Waals surface area contributed by atoms with E-state index in [0.717, 1.165) is 29.1 Å². The number of ether oxygens (including phenoxy) is 1. The van der Waals surface area contributed by atoms with Crippen LogP contribution in [0.15, 0.2) is 29.4 Å². The van der Waals surface area contributed by atoms with Gasteiger partial charge in [0.1, 0.15) is 5.71 Å². The van der Waals surface area contributed by atoms with Crippen LogP contribution in [-0.2, 0) is 35.4 Å². The number of rotatable bonds is 4. The molecule has 1 fully saturated rings. The lowest BCUT2D eigenvalue weighted by atomic mass is 10.0. The minimum absolute atomic E-state index is 0.000406. The number of sulfone groups is 1. The third kappa shape index (κ3) is 4.48. The summed E-state index contributed by atoms with van der Waals surface area (Å²) >= 11 is 0. The number of para-hydroxylation sites is 1. The molecule has 3 aliphatic rings. The average Bonchev–Trinajstić information content (AvgIpc) is 3.12. The highest BCUT2D eigenvalue weighted by Gasteiger charge is 2.38. The topological polar surface area (TPSA) is 113 Å². The molecule has 0 bridgehead atoms. The Bertz CT molecular complexity index is 1050. The molecule has 1 aromatic carbocycles. The maximum absolute atomic E-state index is 13.0. The Kier molecular flexibility index (Phi) is 5.83. The van der Waals surface area contributed by atoms with Crippen molar-refractivity contribution in [2.45, 2.75) is 51.2 Å². The standard InChI is InChI=1S/C21H25N3O6S/c1-14(20(26)23-11-4-6-15-5-2-3-7-18(15)23)30-21(27)17-8-9-19(25)24(22-17)16-10-12-31(28,29)13-16/h2-3,5,7,14,16H,4,6,8-13H2,1H3. The van der Waals surface area contributed by atoms with Crippen LogP contribution in [0.25, 0.3) is 0 Å². The van der Waals surface area contributed by atoms with Crippen molar-refractivity contribution in [3.8, 4) is 0 Å². The largest absolute Gasteiger partial charge is 0.448 e. The van der Waals surface area contributed by atoms with E-state index < -0.39 is 28.0 Å². The van der Waals surface area contributed by atoms with Crippen LogP contribution in [0.5, 0.6) is 0 Å². The first-order valence-electron chi connectivity index (χ1n) is 10.5. The molecule has 3 aliphatic heterocycles. The van der Waals surface area contributed by atoms with Crippen molar-refractivity contribution < 1.29 is 27.5 Å². The van der Waals surface area contributed by atoms with Crippen LogP contribution in [0.3, 0.4) is 0 Å². The molecule has 10 heteroatoms. The molecule has 1 aromatic rings. The van der Waals surface area contributed by atoms with Gasteiger partial charge in [-0.05, 0) is 37.8 Å². The molecule has 166 valence electrons. The number of carbonyl (C=O) groups is 3. The Hall–Kier alpha value is -2.75. The summed E-state index contributed by atoms with van der Waals surface area (Å²) in [6.45, 7) is 2.07. The van der Waals surface area contributed by atoms with Gasteiger partial charge in [-0.1, -0.05) is 18.2 Å². The zero-order valence-corrected chi connectivity index (χ0v) is 18.1. The van der Waals surface area contributed by atoms with Gasteiger partial charge in [-0.2, -0.15) is 5.10 Å². The van der Waals surface area contributed by atoms with Crippen molar-refractivity contribution in [3.63, 3.8) is 0 Å². The molecule has 0 N–H and O–H groups in total. The molecular weight excluding hydrogens is 422 g/mol. The van der Waals surface area contributed by atoms with E-state index in [1.807, 2.05) is 24.3 Å². The highest BCUT2D eigenvalue weighted by atomic mass is 32.2. The SMILES string of the molecule is CC(OC(=O)C1=NN(C2CCS(=O)(=O)C2)C(=O)CC1)C(=O)N1CCCc2ccccc21. The Labute approximate surface area is 180 Å². The quantitative estimate of drug-likeness (QED) is 0.638. The van der Waals surface area contributed by atoms with E-state index in [-0.39, 0.29) is 41.9 Å².